The van der Waals surface area contributed by atoms with Crippen molar-refractivity contribution in [2.24, 2.45) is 0 Å². The van der Waals surface area contributed by atoms with E-state index in [-0.39, 0.29) is 10.6 Å². The van der Waals surface area contributed by atoms with Gasteiger partial charge in [-0.1, -0.05) is 0 Å². The van der Waals surface area contributed by atoms with E-state index < -0.39 is 15.7 Å². The van der Waals surface area contributed by atoms with Gasteiger partial charge in [0.15, 0.2) is 9.84 Å². The van der Waals surface area contributed by atoms with Gasteiger partial charge in [0.1, 0.15) is 11.8 Å². The minimum absolute atomic E-state index is 0.168. The third kappa shape index (κ3) is 3.64. The fourth-order valence-electron chi connectivity index (χ4n) is 1.57. The van der Waals surface area contributed by atoms with E-state index in [4.69, 9.17) is 5.26 Å². The predicted molar refractivity (Wildman–Crippen MR) is 76.5 cm³/mol. The average molecular weight is 301 g/mol. The van der Waals surface area contributed by atoms with Crippen molar-refractivity contribution in [2.75, 3.05) is 11.6 Å². The highest BCUT2D eigenvalue weighted by molar-refractivity contribution is 7.90. The first kappa shape index (κ1) is 14.7. The number of amides is 1. The molecular weight excluding hydrogens is 290 g/mol. The second-order valence-electron chi connectivity index (χ2n) is 4.29. The molecule has 1 heterocycles. The lowest BCUT2D eigenvalue weighted by atomic mass is 10.2. The standard InChI is InChI=1S/C14H11N3O3S/c1-21(19,20)12-5-3-11(4-6-12)17-14(18)13-7-2-10(8-15)9-16-13/h2-7,9H,1H3,(H,17,18). The highest BCUT2D eigenvalue weighted by atomic mass is 32.2. The molecule has 0 fully saturated rings. The Kier molecular flexibility index (Phi) is 4.00. The first-order valence-electron chi connectivity index (χ1n) is 5.88. The first-order valence-corrected chi connectivity index (χ1v) is 7.77. The van der Waals surface area contributed by atoms with Crippen molar-refractivity contribution in [1.29, 1.82) is 5.26 Å². The van der Waals surface area contributed by atoms with Crippen molar-refractivity contribution >= 4 is 21.4 Å². The molecule has 7 heteroatoms. The number of nitrogens with zero attached hydrogens (tertiary/aromatic N) is 2. The zero-order valence-electron chi connectivity index (χ0n) is 11.1. The van der Waals surface area contributed by atoms with E-state index in [1.165, 1.54) is 42.6 Å². The molecule has 0 unspecified atom stereocenters. The largest absolute Gasteiger partial charge is 0.321 e. The van der Waals surface area contributed by atoms with E-state index >= 15 is 0 Å². The second kappa shape index (κ2) is 5.73. The van der Waals surface area contributed by atoms with E-state index in [2.05, 4.69) is 10.3 Å². The van der Waals surface area contributed by atoms with Crippen molar-refractivity contribution in [3.8, 4) is 6.07 Å². The molecule has 1 amide bonds. The zero-order chi connectivity index (χ0) is 15.5. The van der Waals surface area contributed by atoms with Crippen molar-refractivity contribution in [3.63, 3.8) is 0 Å². The zero-order valence-corrected chi connectivity index (χ0v) is 11.9. The number of carbonyl (C=O) groups excluding carboxylic acids is 1. The molecule has 2 aromatic rings. The van der Waals surface area contributed by atoms with Gasteiger partial charge in [-0.25, -0.2) is 13.4 Å². The summed E-state index contributed by atoms with van der Waals surface area (Å²) in [6.07, 6.45) is 2.42. The maximum atomic E-state index is 11.9. The molecular formula is C14H11N3O3S. The second-order valence-corrected chi connectivity index (χ2v) is 6.31. The number of anilines is 1. The van der Waals surface area contributed by atoms with Crippen LogP contribution in [0.3, 0.4) is 0 Å². The maximum absolute atomic E-state index is 11.9. The van der Waals surface area contributed by atoms with E-state index in [0.717, 1.165) is 6.26 Å². The van der Waals surface area contributed by atoms with Crippen molar-refractivity contribution in [2.45, 2.75) is 4.90 Å². The first-order chi connectivity index (χ1) is 9.90. The number of benzene rings is 1. The lowest BCUT2D eigenvalue weighted by Crippen LogP contribution is -2.13. The van der Waals surface area contributed by atoms with Gasteiger partial charge >= 0.3 is 0 Å². The summed E-state index contributed by atoms with van der Waals surface area (Å²) in [4.78, 5) is 16.0. The lowest BCUT2D eigenvalue weighted by Gasteiger charge is -2.05. The fourth-order valence-corrected chi connectivity index (χ4v) is 2.21. The molecule has 0 bridgehead atoms. The molecule has 21 heavy (non-hydrogen) atoms. The molecule has 2 rings (SSSR count). The topological polar surface area (TPSA) is 99.9 Å². The van der Waals surface area contributed by atoms with E-state index in [1.54, 1.807) is 0 Å². The summed E-state index contributed by atoms with van der Waals surface area (Å²) in [5.41, 5.74) is 0.990. The molecule has 0 radical (unpaired) electrons. The van der Waals surface area contributed by atoms with Crippen LogP contribution in [-0.2, 0) is 9.84 Å². The molecule has 1 N–H and O–H groups in total. The Balaban J connectivity index is 2.14. The van der Waals surface area contributed by atoms with Gasteiger partial charge in [-0.05, 0) is 36.4 Å². The van der Waals surface area contributed by atoms with Crippen LogP contribution in [0.2, 0.25) is 0 Å². The minimum atomic E-state index is -3.26. The molecule has 0 spiro atoms. The minimum Gasteiger partial charge on any atom is -0.321 e. The molecule has 1 aromatic carbocycles. The fraction of sp³-hybridized carbons (Fsp3) is 0.0714. The van der Waals surface area contributed by atoms with Gasteiger partial charge < -0.3 is 5.32 Å². The van der Waals surface area contributed by atoms with Crippen LogP contribution in [0.4, 0.5) is 5.69 Å². The van der Waals surface area contributed by atoms with Crippen LogP contribution in [-0.4, -0.2) is 25.6 Å². The Hall–Kier alpha value is -2.72. The van der Waals surface area contributed by atoms with Gasteiger partial charge in [-0.2, -0.15) is 5.26 Å². The quantitative estimate of drug-likeness (QED) is 0.928. The Morgan fingerprint density at radius 1 is 1.19 bits per heavy atom. The van der Waals surface area contributed by atoms with Gasteiger partial charge in [0.25, 0.3) is 5.91 Å². The number of hydrogen-bond donors (Lipinski definition) is 1. The van der Waals surface area contributed by atoms with Crippen LogP contribution in [0.5, 0.6) is 0 Å². The summed E-state index contributed by atoms with van der Waals surface area (Å²) in [6, 6.07) is 10.7. The van der Waals surface area contributed by atoms with Gasteiger partial charge in [0.05, 0.1) is 10.5 Å². The molecule has 0 aliphatic heterocycles. The van der Waals surface area contributed by atoms with Gasteiger partial charge in [0.2, 0.25) is 0 Å². The van der Waals surface area contributed by atoms with Crippen LogP contribution in [0.15, 0.2) is 47.5 Å². The van der Waals surface area contributed by atoms with E-state index in [9.17, 15) is 13.2 Å². The smallest absolute Gasteiger partial charge is 0.274 e. The third-order valence-corrected chi connectivity index (χ3v) is 3.79. The van der Waals surface area contributed by atoms with Crippen molar-refractivity contribution in [3.05, 3.63) is 53.9 Å². The molecule has 0 saturated heterocycles. The number of pyridine rings is 1. The lowest BCUT2D eigenvalue weighted by molar-refractivity contribution is 0.102. The van der Waals surface area contributed by atoms with Crippen molar-refractivity contribution in [1.82, 2.24) is 4.98 Å². The highest BCUT2D eigenvalue weighted by Gasteiger charge is 2.09. The number of nitriles is 1. The van der Waals surface area contributed by atoms with Crippen LogP contribution >= 0.6 is 0 Å². The molecule has 0 aliphatic carbocycles. The van der Waals surface area contributed by atoms with Crippen LogP contribution in [0, 0.1) is 11.3 Å². The average Bonchev–Trinajstić information content (AvgIpc) is 2.47. The normalized spacial score (nSPS) is 10.7. The van der Waals surface area contributed by atoms with E-state index in [1.807, 2.05) is 6.07 Å². The van der Waals surface area contributed by atoms with Gasteiger partial charge in [-0.15, -0.1) is 0 Å². The Morgan fingerprint density at radius 3 is 2.33 bits per heavy atom. The summed E-state index contributed by atoms with van der Waals surface area (Å²) in [5, 5.41) is 11.2. The molecule has 106 valence electrons. The number of rotatable bonds is 3. The summed E-state index contributed by atoms with van der Waals surface area (Å²) in [7, 11) is -3.26. The van der Waals surface area contributed by atoms with Gasteiger partial charge in [0, 0.05) is 18.1 Å². The molecule has 6 nitrogen and oxygen atoms in total. The van der Waals surface area contributed by atoms with E-state index in [0.29, 0.717) is 11.3 Å². The SMILES string of the molecule is CS(=O)(=O)c1ccc(NC(=O)c2ccc(C#N)cn2)cc1. The predicted octanol–water partition coefficient (Wildman–Crippen LogP) is 1.61. The third-order valence-electron chi connectivity index (χ3n) is 2.67. The number of carbonyl (C=O) groups is 1. The summed E-state index contributed by atoms with van der Waals surface area (Å²) in [5.74, 6) is -0.438. The number of sulfone groups is 1. The van der Waals surface area contributed by atoms with Crippen LogP contribution < -0.4 is 5.32 Å². The Morgan fingerprint density at radius 2 is 1.86 bits per heavy atom. The molecule has 0 atom stereocenters. The van der Waals surface area contributed by atoms with Gasteiger partial charge in [-0.3, -0.25) is 4.79 Å². The summed E-state index contributed by atoms with van der Waals surface area (Å²) in [6.45, 7) is 0. The Bertz CT molecular complexity index is 804. The molecule has 0 saturated carbocycles. The number of nitrogens with one attached hydrogen (secondary N) is 1. The highest BCUT2D eigenvalue weighted by Crippen LogP contribution is 2.14. The van der Waals surface area contributed by atoms with Crippen molar-refractivity contribution < 1.29 is 13.2 Å². The van der Waals surface area contributed by atoms with Crippen LogP contribution in [0.25, 0.3) is 0 Å². The summed E-state index contributed by atoms with van der Waals surface area (Å²) < 4.78 is 22.6. The molecule has 0 aliphatic rings. The van der Waals surface area contributed by atoms with Crippen LogP contribution in [0.1, 0.15) is 16.1 Å². The number of aromatic nitrogens is 1. The monoisotopic (exact) mass is 301 g/mol. The maximum Gasteiger partial charge on any atom is 0.274 e. The Labute approximate surface area is 122 Å². The number of hydrogen-bond acceptors (Lipinski definition) is 5. The molecule has 1 aromatic heterocycles. The summed E-state index contributed by atoms with van der Waals surface area (Å²) >= 11 is 0.